The lowest BCUT2D eigenvalue weighted by atomic mass is 10.2. The van der Waals surface area contributed by atoms with Crippen LogP contribution in [0.3, 0.4) is 0 Å². The minimum absolute atomic E-state index is 0.0526. The lowest BCUT2D eigenvalue weighted by Crippen LogP contribution is -2.36. The van der Waals surface area contributed by atoms with Crippen LogP contribution in [0.25, 0.3) is 0 Å². The number of rotatable bonds is 7. The number of benzene rings is 2. The van der Waals surface area contributed by atoms with E-state index in [9.17, 15) is 9.90 Å². The van der Waals surface area contributed by atoms with Gasteiger partial charge in [0.15, 0.2) is 11.5 Å². The van der Waals surface area contributed by atoms with Gasteiger partial charge in [0.1, 0.15) is 6.04 Å². The molecule has 0 aliphatic carbocycles. The third-order valence-corrected chi connectivity index (χ3v) is 3.43. The van der Waals surface area contributed by atoms with Crippen LogP contribution in [0.4, 0.5) is 5.69 Å². The summed E-state index contributed by atoms with van der Waals surface area (Å²) in [7, 11) is 1.47. The van der Waals surface area contributed by atoms with Crippen molar-refractivity contribution >= 4 is 17.8 Å². The topological polar surface area (TPSA) is 83.0 Å². The van der Waals surface area contributed by atoms with Gasteiger partial charge in [0.2, 0.25) is 0 Å². The number of carbonyl (C=O) groups is 1. The molecule has 1 atom stereocenters. The van der Waals surface area contributed by atoms with Crippen LogP contribution in [0.5, 0.6) is 11.5 Å². The van der Waals surface area contributed by atoms with Gasteiger partial charge in [-0.05, 0) is 42.3 Å². The predicted molar refractivity (Wildman–Crippen MR) is 94.5 cm³/mol. The van der Waals surface area contributed by atoms with E-state index in [1.807, 2.05) is 37.3 Å². The summed E-state index contributed by atoms with van der Waals surface area (Å²) in [5.74, 6) is 0.183. The summed E-state index contributed by atoms with van der Waals surface area (Å²) < 4.78 is 5.03. The maximum absolute atomic E-state index is 12.2. The van der Waals surface area contributed by atoms with Gasteiger partial charge in [-0.2, -0.15) is 5.10 Å². The molecule has 0 spiro atoms. The molecule has 0 bridgehead atoms. The summed E-state index contributed by atoms with van der Waals surface area (Å²) in [6.45, 7) is 1.93. The van der Waals surface area contributed by atoms with Crippen molar-refractivity contribution in [2.75, 3.05) is 12.4 Å². The molecule has 6 heteroatoms. The Bertz CT molecular complexity index is 702. The van der Waals surface area contributed by atoms with E-state index < -0.39 is 0 Å². The molecule has 126 valence electrons. The van der Waals surface area contributed by atoms with Crippen LogP contribution in [0.1, 0.15) is 18.9 Å². The maximum atomic E-state index is 12.2. The number of methoxy groups -OCH3 is 1. The minimum atomic E-state index is -0.376. The summed E-state index contributed by atoms with van der Waals surface area (Å²) in [5, 5.41) is 16.7. The Morgan fingerprint density at radius 1 is 1.29 bits per heavy atom. The van der Waals surface area contributed by atoms with Crippen molar-refractivity contribution in [3.8, 4) is 11.5 Å². The van der Waals surface area contributed by atoms with Crippen molar-refractivity contribution in [2.45, 2.75) is 19.4 Å². The Labute approximate surface area is 141 Å². The number of hydrazone groups is 1. The molecule has 0 aromatic heterocycles. The molecule has 0 fully saturated rings. The zero-order valence-corrected chi connectivity index (χ0v) is 13.7. The zero-order valence-electron chi connectivity index (χ0n) is 13.7. The van der Waals surface area contributed by atoms with Crippen molar-refractivity contribution < 1.29 is 14.6 Å². The highest BCUT2D eigenvalue weighted by molar-refractivity contribution is 5.87. The van der Waals surface area contributed by atoms with Crippen LogP contribution in [0.2, 0.25) is 0 Å². The first-order valence-electron chi connectivity index (χ1n) is 7.65. The van der Waals surface area contributed by atoms with Gasteiger partial charge in [0.25, 0.3) is 5.91 Å². The van der Waals surface area contributed by atoms with E-state index in [0.717, 1.165) is 5.69 Å². The Balaban J connectivity index is 1.95. The number of ether oxygens (including phenoxy) is 1. The summed E-state index contributed by atoms with van der Waals surface area (Å²) in [4.78, 5) is 12.2. The Morgan fingerprint density at radius 3 is 2.71 bits per heavy atom. The highest BCUT2D eigenvalue weighted by Crippen LogP contribution is 2.25. The number of para-hydroxylation sites is 1. The summed E-state index contributed by atoms with van der Waals surface area (Å²) >= 11 is 0. The smallest absolute Gasteiger partial charge is 0.262 e. The molecule has 0 radical (unpaired) electrons. The molecular formula is C18H21N3O3. The normalized spacial score (nSPS) is 11.9. The average molecular weight is 327 g/mol. The van der Waals surface area contributed by atoms with Gasteiger partial charge < -0.3 is 15.2 Å². The third kappa shape index (κ3) is 4.74. The third-order valence-electron chi connectivity index (χ3n) is 3.43. The Hall–Kier alpha value is -3.02. The van der Waals surface area contributed by atoms with Crippen LogP contribution in [-0.2, 0) is 4.79 Å². The fraction of sp³-hybridized carbons (Fsp3) is 0.222. The number of hydrogen-bond donors (Lipinski definition) is 3. The van der Waals surface area contributed by atoms with E-state index in [0.29, 0.717) is 17.7 Å². The van der Waals surface area contributed by atoms with Crippen molar-refractivity contribution in [1.82, 2.24) is 5.43 Å². The summed E-state index contributed by atoms with van der Waals surface area (Å²) in [5.41, 5.74) is 4.10. The summed E-state index contributed by atoms with van der Waals surface area (Å²) in [6, 6.07) is 14.0. The number of carbonyl (C=O) groups excluding carboxylic acids is 1. The van der Waals surface area contributed by atoms with E-state index >= 15 is 0 Å². The van der Waals surface area contributed by atoms with Crippen molar-refractivity contribution in [3.05, 3.63) is 54.1 Å². The van der Waals surface area contributed by atoms with Gasteiger partial charge in [-0.25, -0.2) is 5.43 Å². The second-order valence-electron chi connectivity index (χ2n) is 5.14. The molecule has 24 heavy (non-hydrogen) atoms. The first-order valence-corrected chi connectivity index (χ1v) is 7.65. The first-order chi connectivity index (χ1) is 11.6. The van der Waals surface area contributed by atoms with Gasteiger partial charge in [-0.1, -0.05) is 25.1 Å². The van der Waals surface area contributed by atoms with Gasteiger partial charge in [0.05, 0.1) is 13.3 Å². The van der Waals surface area contributed by atoms with E-state index in [-0.39, 0.29) is 17.7 Å². The van der Waals surface area contributed by atoms with E-state index in [1.165, 1.54) is 19.4 Å². The summed E-state index contributed by atoms with van der Waals surface area (Å²) in [6.07, 6.45) is 2.12. The van der Waals surface area contributed by atoms with Crippen LogP contribution in [-0.4, -0.2) is 30.4 Å². The molecule has 0 heterocycles. The molecule has 0 aliphatic rings. The molecule has 0 unspecified atom stereocenters. The lowest BCUT2D eigenvalue weighted by Gasteiger charge is -2.16. The predicted octanol–water partition coefficient (Wildman–Crippen LogP) is 2.74. The van der Waals surface area contributed by atoms with Crippen LogP contribution < -0.4 is 15.5 Å². The fourth-order valence-corrected chi connectivity index (χ4v) is 2.11. The molecule has 2 rings (SSSR count). The second kappa shape index (κ2) is 8.57. The van der Waals surface area contributed by atoms with Crippen molar-refractivity contribution in [3.63, 3.8) is 0 Å². The monoisotopic (exact) mass is 327 g/mol. The number of hydrogen-bond acceptors (Lipinski definition) is 5. The van der Waals surface area contributed by atoms with Crippen LogP contribution in [0.15, 0.2) is 53.6 Å². The van der Waals surface area contributed by atoms with Gasteiger partial charge in [-0.15, -0.1) is 0 Å². The lowest BCUT2D eigenvalue weighted by molar-refractivity contribution is -0.121. The number of amides is 1. The highest BCUT2D eigenvalue weighted by Gasteiger charge is 2.15. The van der Waals surface area contributed by atoms with Crippen LogP contribution in [0, 0.1) is 0 Å². The molecule has 0 saturated carbocycles. The molecule has 2 aromatic carbocycles. The molecule has 3 N–H and O–H groups in total. The first kappa shape index (κ1) is 17.3. The molecule has 2 aromatic rings. The SMILES string of the molecule is CC[C@H](Nc1ccccc1)C(=O)N/N=C/c1ccc(O)c(OC)c1. The van der Waals surface area contributed by atoms with Gasteiger partial charge in [0, 0.05) is 5.69 Å². The second-order valence-corrected chi connectivity index (χ2v) is 5.14. The number of phenolic OH excluding ortho intramolecular Hbond substituents is 1. The molecule has 1 amide bonds. The maximum Gasteiger partial charge on any atom is 0.262 e. The van der Waals surface area contributed by atoms with E-state index in [1.54, 1.807) is 12.1 Å². The van der Waals surface area contributed by atoms with Gasteiger partial charge in [-0.3, -0.25) is 4.79 Å². The molecule has 0 saturated heterocycles. The van der Waals surface area contributed by atoms with Crippen molar-refractivity contribution in [1.29, 1.82) is 0 Å². The van der Waals surface area contributed by atoms with Crippen LogP contribution >= 0.6 is 0 Å². The van der Waals surface area contributed by atoms with E-state index in [2.05, 4.69) is 15.8 Å². The molecule has 6 nitrogen and oxygen atoms in total. The number of phenols is 1. The quantitative estimate of drug-likeness (QED) is 0.539. The number of nitrogens with zero attached hydrogens (tertiary/aromatic N) is 1. The Morgan fingerprint density at radius 2 is 2.04 bits per heavy atom. The largest absolute Gasteiger partial charge is 0.504 e. The molecular weight excluding hydrogens is 306 g/mol. The standard InChI is InChI=1S/C18H21N3O3/c1-3-15(20-14-7-5-4-6-8-14)18(23)21-19-12-13-9-10-16(22)17(11-13)24-2/h4-12,15,20,22H,3H2,1-2H3,(H,21,23)/b19-12+/t15-/m0/s1. The molecule has 0 aliphatic heterocycles. The number of nitrogens with one attached hydrogen (secondary N) is 2. The van der Waals surface area contributed by atoms with Crippen molar-refractivity contribution in [2.24, 2.45) is 5.10 Å². The highest BCUT2D eigenvalue weighted by atomic mass is 16.5. The number of anilines is 1. The zero-order chi connectivity index (χ0) is 17.4. The van der Waals surface area contributed by atoms with E-state index in [4.69, 9.17) is 4.74 Å². The van der Waals surface area contributed by atoms with Gasteiger partial charge >= 0.3 is 0 Å². The number of aromatic hydroxyl groups is 1. The Kier molecular flexibility index (Phi) is 6.19. The minimum Gasteiger partial charge on any atom is -0.504 e. The fourth-order valence-electron chi connectivity index (χ4n) is 2.11. The average Bonchev–Trinajstić information content (AvgIpc) is 2.61.